The van der Waals surface area contributed by atoms with Crippen LogP contribution < -0.4 is 24.3 Å². The Labute approximate surface area is 294 Å². The molecule has 2 amide bonds. The number of aromatic nitrogens is 3. The Morgan fingerprint density at radius 3 is 2.04 bits per heavy atom. The molecule has 1 aliphatic rings. The summed E-state index contributed by atoms with van der Waals surface area (Å²) in [5.41, 5.74) is 3.77. The largest absolute Gasteiger partial charge is 0.497 e. The van der Waals surface area contributed by atoms with Gasteiger partial charge < -0.3 is 24.3 Å². The number of nitrogens with zero attached hydrogens (tertiary/aromatic N) is 5. The number of hydrogen-bond acceptors (Lipinski definition) is 10. The monoisotopic (exact) mass is 692 g/mol. The van der Waals surface area contributed by atoms with E-state index in [-0.39, 0.29) is 30.2 Å². The fraction of sp³-hybridized carbons (Fsp3) is 0.216. The highest BCUT2D eigenvalue weighted by atomic mass is 32.2. The number of carbonyl (C=O) groups excluding carboxylic acids is 2. The zero-order valence-electron chi connectivity index (χ0n) is 28.0. The van der Waals surface area contributed by atoms with Crippen molar-refractivity contribution in [2.75, 3.05) is 34.2 Å². The van der Waals surface area contributed by atoms with E-state index in [9.17, 15) is 9.59 Å². The van der Waals surface area contributed by atoms with Gasteiger partial charge in [0.25, 0.3) is 11.8 Å². The molecule has 6 rings (SSSR count). The lowest BCUT2D eigenvalue weighted by Crippen LogP contribution is -2.28. The number of ether oxygens (including phenoxy) is 4. The second kappa shape index (κ2) is 15.6. The zero-order chi connectivity index (χ0) is 35.0. The summed E-state index contributed by atoms with van der Waals surface area (Å²) in [6, 6.07) is 29.2. The molecule has 1 aromatic heterocycles. The molecule has 1 unspecified atom stereocenters. The van der Waals surface area contributed by atoms with Crippen molar-refractivity contribution in [3.63, 3.8) is 0 Å². The van der Waals surface area contributed by atoms with E-state index in [4.69, 9.17) is 24.0 Å². The molecule has 12 nitrogen and oxygen atoms in total. The van der Waals surface area contributed by atoms with E-state index >= 15 is 0 Å². The predicted molar refractivity (Wildman–Crippen MR) is 190 cm³/mol. The molecule has 1 aliphatic heterocycles. The summed E-state index contributed by atoms with van der Waals surface area (Å²) in [6.45, 7) is 0.0750. The third kappa shape index (κ3) is 7.42. The molecule has 0 bridgehead atoms. The summed E-state index contributed by atoms with van der Waals surface area (Å²) in [4.78, 5) is 27.0. The maximum absolute atomic E-state index is 14.0. The van der Waals surface area contributed by atoms with Crippen LogP contribution in [0.3, 0.4) is 0 Å². The zero-order valence-corrected chi connectivity index (χ0v) is 28.8. The van der Waals surface area contributed by atoms with Gasteiger partial charge in [-0.1, -0.05) is 36.0 Å². The summed E-state index contributed by atoms with van der Waals surface area (Å²) in [5.74, 6) is 2.70. The lowest BCUT2D eigenvalue weighted by molar-refractivity contribution is -0.130. The molecule has 5 aromatic rings. The number of hydrogen-bond donors (Lipinski definition) is 1. The van der Waals surface area contributed by atoms with Crippen LogP contribution in [0.1, 0.15) is 39.8 Å². The predicted octanol–water partition coefficient (Wildman–Crippen LogP) is 5.70. The molecular formula is C37H36N6O6S. The van der Waals surface area contributed by atoms with Crippen molar-refractivity contribution in [1.82, 2.24) is 25.1 Å². The van der Waals surface area contributed by atoms with Gasteiger partial charge in [0.2, 0.25) is 0 Å². The lowest BCUT2D eigenvalue weighted by Gasteiger charge is -2.22. The van der Waals surface area contributed by atoms with Crippen molar-refractivity contribution >= 4 is 29.3 Å². The fourth-order valence-corrected chi connectivity index (χ4v) is 6.36. The topological polar surface area (TPSA) is 129 Å². The van der Waals surface area contributed by atoms with Crippen LogP contribution in [-0.4, -0.2) is 71.5 Å². The van der Waals surface area contributed by atoms with Gasteiger partial charge in [0.1, 0.15) is 23.0 Å². The van der Waals surface area contributed by atoms with Gasteiger partial charge in [-0.25, -0.2) is 5.01 Å². The highest BCUT2D eigenvalue weighted by Crippen LogP contribution is 2.35. The number of amides is 2. The van der Waals surface area contributed by atoms with Gasteiger partial charge in [0.05, 0.1) is 58.2 Å². The molecule has 0 saturated carbocycles. The van der Waals surface area contributed by atoms with Crippen molar-refractivity contribution in [2.24, 2.45) is 5.10 Å². The first-order valence-corrected chi connectivity index (χ1v) is 16.7. The van der Waals surface area contributed by atoms with Crippen LogP contribution in [0, 0.1) is 0 Å². The first-order valence-electron chi connectivity index (χ1n) is 15.7. The number of para-hydroxylation sites is 2. The lowest BCUT2D eigenvalue weighted by atomic mass is 9.98. The highest BCUT2D eigenvalue weighted by molar-refractivity contribution is 7.99. The fourth-order valence-electron chi connectivity index (χ4n) is 5.54. The minimum absolute atomic E-state index is 0.0253. The Bertz CT molecular complexity index is 1980. The van der Waals surface area contributed by atoms with Gasteiger partial charge >= 0.3 is 0 Å². The van der Waals surface area contributed by atoms with Gasteiger partial charge in [-0.05, 0) is 83.9 Å². The summed E-state index contributed by atoms with van der Waals surface area (Å²) in [5, 5.41) is 18.6. The van der Waals surface area contributed by atoms with Crippen molar-refractivity contribution in [3.8, 4) is 28.7 Å². The average Bonchev–Trinajstić information content (AvgIpc) is 3.81. The quantitative estimate of drug-likeness (QED) is 0.155. The molecule has 0 saturated heterocycles. The Kier molecular flexibility index (Phi) is 10.6. The molecule has 256 valence electrons. The van der Waals surface area contributed by atoms with Crippen molar-refractivity contribution in [2.45, 2.75) is 24.2 Å². The van der Waals surface area contributed by atoms with Gasteiger partial charge in [0.15, 0.2) is 11.0 Å². The third-order valence-corrected chi connectivity index (χ3v) is 9.11. The van der Waals surface area contributed by atoms with Crippen LogP contribution in [-0.2, 0) is 11.3 Å². The van der Waals surface area contributed by atoms with Crippen molar-refractivity contribution < 1.29 is 28.5 Å². The van der Waals surface area contributed by atoms with E-state index in [1.807, 2.05) is 72.8 Å². The van der Waals surface area contributed by atoms with Gasteiger partial charge in [-0.15, -0.1) is 10.2 Å². The van der Waals surface area contributed by atoms with E-state index in [0.29, 0.717) is 40.2 Å². The molecule has 2 heterocycles. The molecule has 0 spiro atoms. The number of hydrazone groups is 1. The Morgan fingerprint density at radius 2 is 1.40 bits per heavy atom. The number of carbonyl (C=O) groups is 2. The van der Waals surface area contributed by atoms with E-state index in [1.165, 1.54) is 11.8 Å². The molecule has 4 aromatic carbocycles. The normalized spacial score (nSPS) is 13.8. The summed E-state index contributed by atoms with van der Waals surface area (Å²) in [6.07, 6.45) is 0.532. The van der Waals surface area contributed by atoms with E-state index in [2.05, 4.69) is 15.5 Å². The van der Waals surface area contributed by atoms with Crippen molar-refractivity contribution in [3.05, 3.63) is 120 Å². The van der Waals surface area contributed by atoms with E-state index in [0.717, 1.165) is 28.3 Å². The molecule has 0 aliphatic carbocycles. The van der Waals surface area contributed by atoms with Crippen molar-refractivity contribution in [1.29, 1.82) is 0 Å². The SMILES string of the molecule is COc1ccc(C(=O)NCc2nnc(SCC(=O)N3N=C(c4ccc(OC)cc4)CC3c3ccc(OC)cc3)n2-c2ccccc2OC)cc1. The molecule has 13 heteroatoms. The van der Waals surface area contributed by atoms with Crippen LogP contribution in [0.5, 0.6) is 23.0 Å². The van der Waals surface area contributed by atoms with Crippen LogP contribution >= 0.6 is 11.8 Å². The number of rotatable bonds is 13. The van der Waals surface area contributed by atoms with Crippen LogP contribution in [0.25, 0.3) is 5.69 Å². The van der Waals surface area contributed by atoms with Crippen LogP contribution in [0.2, 0.25) is 0 Å². The summed E-state index contributed by atoms with van der Waals surface area (Å²) >= 11 is 1.23. The number of benzene rings is 4. The van der Waals surface area contributed by atoms with Gasteiger partial charge in [0, 0.05) is 12.0 Å². The standard InChI is InChI=1S/C37H36N6O6S/c1-46-27-15-9-24(10-16-27)30-21-32(25-11-17-28(47-2)18-12-25)43(41-30)35(44)23-50-37-40-39-34(42(37)31-7-5-6-8-33(31)49-4)22-38-36(45)26-13-19-29(48-3)20-14-26/h5-20,32H,21-23H2,1-4H3,(H,38,45). The smallest absolute Gasteiger partial charge is 0.253 e. The van der Waals surface area contributed by atoms with Crippen LogP contribution in [0.15, 0.2) is 107 Å². The molecule has 1 N–H and O–H groups in total. The maximum atomic E-state index is 14.0. The molecule has 0 fully saturated rings. The maximum Gasteiger partial charge on any atom is 0.253 e. The minimum atomic E-state index is -0.318. The third-order valence-electron chi connectivity index (χ3n) is 8.20. The number of nitrogens with one attached hydrogen (secondary N) is 1. The Balaban J connectivity index is 1.25. The Morgan fingerprint density at radius 1 is 0.780 bits per heavy atom. The van der Waals surface area contributed by atoms with Crippen LogP contribution in [0.4, 0.5) is 0 Å². The summed E-state index contributed by atoms with van der Waals surface area (Å²) in [7, 11) is 6.39. The molecule has 50 heavy (non-hydrogen) atoms. The van der Waals surface area contributed by atoms with Gasteiger partial charge in [-0.2, -0.15) is 5.10 Å². The van der Waals surface area contributed by atoms with E-state index < -0.39 is 0 Å². The van der Waals surface area contributed by atoms with E-state index in [1.54, 1.807) is 62.3 Å². The average molecular weight is 693 g/mol. The Hall–Kier alpha value is -5.82. The second-order valence-electron chi connectivity index (χ2n) is 11.1. The molecule has 0 radical (unpaired) electrons. The number of thioether (sulfide) groups is 1. The first-order chi connectivity index (χ1) is 24.4. The highest BCUT2D eigenvalue weighted by Gasteiger charge is 2.33. The first kappa shape index (κ1) is 34.1. The second-order valence-corrected chi connectivity index (χ2v) is 12.1. The number of methoxy groups -OCH3 is 4. The molecular weight excluding hydrogens is 657 g/mol. The molecule has 1 atom stereocenters. The van der Waals surface area contributed by atoms with Gasteiger partial charge in [-0.3, -0.25) is 14.2 Å². The minimum Gasteiger partial charge on any atom is -0.497 e. The summed E-state index contributed by atoms with van der Waals surface area (Å²) < 4.78 is 23.3.